The largest absolute Gasteiger partial charge is 0.387 e. The summed E-state index contributed by atoms with van der Waals surface area (Å²) in [5, 5.41) is 13.0. The number of halogens is 2. The number of nitrogens with one attached hydrogen (secondary N) is 1. The van der Waals surface area contributed by atoms with Crippen molar-refractivity contribution in [1.29, 1.82) is 0 Å². The molecule has 1 heterocycles. The minimum absolute atomic E-state index is 0.177. The summed E-state index contributed by atoms with van der Waals surface area (Å²) in [6, 6.07) is 3.84. The molecule has 2 fully saturated rings. The summed E-state index contributed by atoms with van der Waals surface area (Å²) in [4.78, 5) is 13.8. The number of hydrogen-bond donors (Lipinski definition) is 2. The van der Waals surface area contributed by atoms with E-state index in [4.69, 9.17) is 11.6 Å². The average Bonchev–Trinajstić information content (AvgIpc) is 3.15. The Kier molecular flexibility index (Phi) is 3.44. The second kappa shape index (κ2) is 4.98. The number of rotatable bonds is 4. The minimum atomic E-state index is -0.589. The van der Waals surface area contributed by atoms with Crippen LogP contribution in [-0.2, 0) is 4.79 Å². The fourth-order valence-corrected chi connectivity index (χ4v) is 2.92. The molecule has 2 aliphatic rings. The molecule has 0 spiro atoms. The molecule has 0 atom stereocenters. The van der Waals surface area contributed by atoms with Crippen molar-refractivity contribution in [1.82, 2.24) is 4.90 Å². The van der Waals surface area contributed by atoms with Crippen molar-refractivity contribution in [3.05, 3.63) is 29.0 Å². The third kappa shape index (κ3) is 2.80. The predicted molar refractivity (Wildman–Crippen MR) is 74.2 cm³/mol. The number of anilines is 1. The van der Waals surface area contributed by atoms with Gasteiger partial charge in [0, 0.05) is 13.1 Å². The Bertz CT molecular complexity index is 542. The van der Waals surface area contributed by atoms with Crippen molar-refractivity contribution in [3.63, 3.8) is 0 Å². The van der Waals surface area contributed by atoms with Crippen molar-refractivity contribution < 1.29 is 14.3 Å². The molecule has 1 saturated carbocycles. The standard InChI is InChI=1S/C14H16ClFN2O2/c15-11-5-10(16)3-4-12(11)17-13(19)6-18-7-14(20,8-18)9-1-2-9/h3-5,9,20H,1-2,6-8H2,(H,17,19). The van der Waals surface area contributed by atoms with Gasteiger partial charge in [-0.05, 0) is 37.0 Å². The molecular formula is C14H16ClFN2O2. The molecule has 108 valence electrons. The molecule has 1 aromatic carbocycles. The van der Waals surface area contributed by atoms with Gasteiger partial charge in [0.25, 0.3) is 0 Å². The normalized spacial score (nSPS) is 21.4. The first-order valence-corrected chi connectivity index (χ1v) is 7.04. The molecule has 0 unspecified atom stereocenters. The van der Waals surface area contributed by atoms with E-state index in [2.05, 4.69) is 5.32 Å². The van der Waals surface area contributed by atoms with E-state index in [1.165, 1.54) is 12.1 Å². The molecule has 4 nitrogen and oxygen atoms in total. The molecule has 2 N–H and O–H groups in total. The van der Waals surface area contributed by atoms with Gasteiger partial charge in [-0.15, -0.1) is 0 Å². The van der Waals surface area contributed by atoms with Crippen molar-refractivity contribution in [3.8, 4) is 0 Å². The summed E-state index contributed by atoms with van der Waals surface area (Å²) < 4.78 is 12.9. The predicted octanol–water partition coefficient (Wildman–Crippen LogP) is 1.87. The van der Waals surface area contributed by atoms with Crippen molar-refractivity contribution in [2.24, 2.45) is 5.92 Å². The number of likely N-dealkylation sites (tertiary alicyclic amines) is 1. The van der Waals surface area contributed by atoms with Crippen molar-refractivity contribution >= 4 is 23.2 Å². The van der Waals surface area contributed by atoms with Crippen molar-refractivity contribution in [2.45, 2.75) is 18.4 Å². The number of β-amino-alcohol motifs (C(OH)–C–C–N with tert-alkyl or cyclic N) is 1. The Morgan fingerprint density at radius 3 is 2.80 bits per heavy atom. The number of carbonyl (C=O) groups excluding carboxylic acids is 1. The van der Waals surface area contributed by atoms with Gasteiger partial charge in [-0.1, -0.05) is 11.6 Å². The van der Waals surface area contributed by atoms with E-state index < -0.39 is 11.4 Å². The number of carbonyl (C=O) groups is 1. The zero-order valence-corrected chi connectivity index (χ0v) is 11.7. The lowest BCUT2D eigenvalue weighted by atomic mass is 9.89. The van der Waals surface area contributed by atoms with Gasteiger partial charge in [0.05, 0.1) is 22.9 Å². The van der Waals surface area contributed by atoms with Crippen LogP contribution in [0.2, 0.25) is 5.02 Å². The summed E-state index contributed by atoms with van der Waals surface area (Å²) in [6.07, 6.45) is 2.17. The van der Waals surface area contributed by atoms with Gasteiger partial charge >= 0.3 is 0 Å². The molecule has 6 heteroatoms. The molecule has 3 rings (SSSR count). The van der Waals surface area contributed by atoms with Crippen LogP contribution in [0.1, 0.15) is 12.8 Å². The maximum atomic E-state index is 12.9. The Morgan fingerprint density at radius 2 is 2.20 bits per heavy atom. The lowest BCUT2D eigenvalue weighted by Gasteiger charge is -2.46. The Hall–Kier alpha value is -1.17. The summed E-state index contributed by atoms with van der Waals surface area (Å²) in [7, 11) is 0. The van der Waals surface area contributed by atoms with Crippen LogP contribution >= 0.6 is 11.6 Å². The second-order valence-corrected chi connectivity index (χ2v) is 6.10. The van der Waals surface area contributed by atoms with Crippen LogP contribution in [0.4, 0.5) is 10.1 Å². The molecule has 1 aliphatic carbocycles. The molecule has 1 amide bonds. The fraction of sp³-hybridized carbons (Fsp3) is 0.500. The fourth-order valence-electron chi connectivity index (χ4n) is 2.70. The SMILES string of the molecule is O=C(CN1CC(O)(C2CC2)C1)Nc1ccc(F)cc1Cl. The third-order valence-electron chi connectivity index (χ3n) is 3.90. The van der Waals surface area contributed by atoms with Crippen LogP contribution in [0.15, 0.2) is 18.2 Å². The number of hydrogen-bond acceptors (Lipinski definition) is 3. The Labute approximate surface area is 121 Å². The van der Waals surface area contributed by atoms with E-state index in [0.29, 0.717) is 24.7 Å². The monoisotopic (exact) mass is 298 g/mol. The molecule has 0 radical (unpaired) electrons. The van der Waals surface area contributed by atoms with Gasteiger partial charge in [-0.3, -0.25) is 9.69 Å². The molecule has 1 saturated heterocycles. The Morgan fingerprint density at radius 1 is 1.50 bits per heavy atom. The molecule has 20 heavy (non-hydrogen) atoms. The summed E-state index contributed by atoms with van der Waals surface area (Å²) in [5.41, 5.74) is -0.190. The van der Waals surface area contributed by atoms with Gasteiger partial charge in [0.1, 0.15) is 5.82 Å². The van der Waals surface area contributed by atoms with Gasteiger partial charge in [0.2, 0.25) is 5.91 Å². The zero-order valence-electron chi connectivity index (χ0n) is 10.9. The smallest absolute Gasteiger partial charge is 0.238 e. The Balaban J connectivity index is 1.50. The highest BCUT2D eigenvalue weighted by Crippen LogP contribution is 2.44. The van der Waals surface area contributed by atoms with Gasteiger partial charge in [-0.2, -0.15) is 0 Å². The first-order valence-electron chi connectivity index (χ1n) is 6.66. The third-order valence-corrected chi connectivity index (χ3v) is 4.22. The summed E-state index contributed by atoms with van der Waals surface area (Å²) in [5.74, 6) is -0.241. The maximum Gasteiger partial charge on any atom is 0.238 e. The van der Waals surface area contributed by atoms with E-state index in [1.54, 1.807) is 0 Å². The van der Waals surface area contributed by atoms with E-state index in [-0.39, 0.29) is 17.5 Å². The minimum Gasteiger partial charge on any atom is -0.387 e. The van der Waals surface area contributed by atoms with Gasteiger partial charge < -0.3 is 10.4 Å². The van der Waals surface area contributed by atoms with Crippen LogP contribution in [0.3, 0.4) is 0 Å². The molecule has 1 aromatic rings. The highest BCUT2D eigenvalue weighted by molar-refractivity contribution is 6.33. The van der Waals surface area contributed by atoms with Crippen molar-refractivity contribution in [2.75, 3.05) is 25.0 Å². The van der Waals surface area contributed by atoms with E-state index in [1.807, 2.05) is 4.90 Å². The second-order valence-electron chi connectivity index (χ2n) is 5.70. The quantitative estimate of drug-likeness (QED) is 0.892. The molecule has 1 aliphatic heterocycles. The number of aliphatic hydroxyl groups is 1. The van der Waals surface area contributed by atoms with Gasteiger partial charge in [-0.25, -0.2) is 4.39 Å². The van der Waals surface area contributed by atoms with E-state index >= 15 is 0 Å². The molecular weight excluding hydrogens is 283 g/mol. The molecule has 0 aromatic heterocycles. The van der Waals surface area contributed by atoms with Gasteiger partial charge in [0.15, 0.2) is 0 Å². The highest BCUT2D eigenvalue weighted by atomic mass is 35.5. The first kappa shape index (κ1) is 13.8. The first-order chi connectivity index (χ1) is 9.46. The van der Waals surface area contributed by atoms with Crippen LogP contribution < -0.4 is 5.32 Å². The van der Waals surface area contributed by atoms with Crippen LogP contribution in [0.5, 0.6) is 0 Å². The van der Waals surface area contributed by atoms with Crippen LogP contribution in [0.25, 0.3) is 0 Å². The highest BCUT2D eigenvalue weighted by Gasteiger charge is 2.51. The van der Waals surface area contributed by atoms with E-state index in [9.17, 15) is 14.3 Å². The number of nitrogens with zero attached hydrogens (tertiary/aromatic N) is 1. The maximum absolute atomic E-state index is 12.9. The number of amides is 1. The average molecular weight is 299 g/mol. The van der Waals surface area contributed by atoms with Crippen LogP contribution in [-0.4, -0.2) is 41.1 Å². The lowest BCUT2D eigenvalue weighted by Crippen LogP contribution is -2.64. The zero-order chi connectivity index (χ0) is 14.3. The summed E-state index contributed by atoms with van der Waals surface area (Å²) in [6.45, 7) is 1.30. The van der Waals surface area contributed by atoms with Crippen LogP contribution in [0, 0.1) is 11.7 Å². The topological polar surface area (TPSA) is 52.6 Å². The molecule has 0 bridgehead atoms. The van der Waals surface area contributed by atoms with E-state index in [0.717, 1.165) is 18.9 Å². The summed E-state index contributed by atoms with van der Waals surface area (Å²) >= 11 is 5.84. The number of benzene rings is 1. The lowest BCUT2D eigenvalue weighted by molar-refractivity contribution is -0.132.